The van der Waals surface area contributed by atoms with Crippen LogP contribution in [0.15, 0.2) is 6.07 Å². The molecule has 0 amide bonds. The fraction of sp³-hybridized carbons (Fsp3) is 0.250. The summed E-state index contributed by atoms with van der Waals surface area (Å²) in [5.74, 6) is 0. The van der Waals surface area contributed by atoms with Gasteiger partial charge in [0.25, 0.3) is 6.43 Å². The lowest BCUT2D eigenvalue weighted by Crippen LogP contribution is -2.04. The van der Waals surface area contributed by atoms with E-state index < -0.39 is 12.1 Å². The Bertz CT molecular complexity index is 357. The van der Waals surface area contributed by atoms with Gasteiger partial charge < -0.3 is 5.73 Å². The Hall–Kier alpha value is -1.04. The molecular formula is C8H7BrF2N2O. The Balaban J connectivity index is 3.32. The Morgan fingerprint density at radius 3 is 2.71 bits per heavy atom. The minimum Gasteiger partial charge on any atom is -0.397 e. The van der Waals surface area contributed by atoms with E-state index in [0.717, 1.165) is 0 Å². The van der Waals surface area contributed by atoms with Crippen molar-refractivity contribution in [1.29, 1.82) is 0 Å². The molecule has 0 spiro atoms. The molecule has 0 saturated heterocycles. The summed E-state index contributed by atoms with van der Waals surface area (Å²) in [5, 5.41) is 0.275. The number of rotatable bonds is 3. The molecule has 14 heavy (non-hydrogen) atoms. The second kappa shape index (κ2) is 4.45. The first-order valence-corrected chi connectivity index (χ1v) is 4.81. The first-order valence-electron chi connectivity index (χ1n) is 3.68. The van der Waals surface area contributed by atoms with E-state index in [9.17, 15) is 13.6 Å². The number of nitrogens with zero attached hydrogens (tertiary/aromatic N) is 1. The van der Waals surface area contributed by atoms with Gasteiger partial charge in [0.2, 0.25) is 0 Å². The first-order chi connectivity index (χ1) is 6.60. The van der Waals surface area contributed by atoms with E-state index in [0.29, 0.717) is 12.0 Å². The number of aldehydes is 1. The van der Waals surface area contributed by atoms with Crippen molar-refractivity contribution in [3.63, 3.8) is 0 Å². The zero-order valence-corrected chi connectivity index (χ0v) is 8.59. The summed E-state index contributed by atoms with van der Waals surface area (Å²) < 4.78 is 24.8. The number of hydrogen-bond donors (Lipinski definition) is 1. The number of anilines is 1. The zero-order chi connectivity index (χ0) is 10.7. The van der Waals surface area contributed by atoms with Crippen molar-refractivity contribution >= 4 is 27.9 Å². The number of pyridine rings is 1. The van der Waals surface area contributed by atoms with E-state index in [1.807, 2.05) is 0 Å². The molecule has 0 fully saturated rings. The third-order valence-corrected chi connectivity index (χ3v) is 2.19. The van der Waals surface area contributed by atoms with Gasteiger partial charge in [-0.15, -0.1) is 0 Å². The number of hydrogen-bond acceptors (Lipinski definition) is 3. The van der Waals surface area contributed by atoms with Crippen LogP contribution in [0.1, 0.15) is 28.2 Å². The summed E-state index contributed by atoms with van der Waals surface area (Å²) in [6, 6.07) is 1.21. The highest BCUT2D eigenvalue weighted by Crippen LogP contribution is 2.24. The van der Waals surface area contributed by atoms with Crippen molar-refractivity contribution in [1.82, 2.24) is 4.98 Å². The van der Waals surface area contributed by atoms with E-state index in [1.54, 1.807) is 0 Å². The molecule has 2 N–H and O–H groups in total. The standard InChI is InChI=1S/C8H7BrF2N2O/c9-2-6-5(12)1-4(3-14)7(13-6)8(10)11/h1,3,8H,2,12H2. The summed E-state index contributed by atoms with van der Waals surface area (Å²) in [4.78, 5) is 14.1. The second-order valence-corrected chi connectivity index (χ2v) is 3.11. The predicted octanol–water partition coefficient (Wildman–Crippen LogP) is 2.31. The summed E-state index contributed by atoms with van der Waals surface area (Å²) in [7, 11) is 0. The zero-order valence-electron chi connectivity index (χ0n) is 7.01. The molecule has 0 unspecified atom stereocenters. The van der Waals surface area contributed by atoms with E-state index >= 15 is 0 Å². The van der Waals surface area contributed by atoms with Gasteiger partial charge in [-0.1, -0.05) is 15.9 Å². The van der Waals surface area contributed by atoms with Gasteiger partial charge in [-0.05, 0) is 6.07 Å². The molecule has 0 aromatic carbocycles. The molecule has 0 saturated carbocycles. The predicted molar refractivity (Wildman–Crippen MR) is 51.6 cm³/mol. The number of carbonyl (C=O) groups excluding carboxylic acids is 1. The summed E-state index contributed by atoms with van der Waals surface area (Å²) in [6.07, 6.45) is -2.45. The molecule has 6 heteroatoms. The maximum absolute atomic E-state index is 12.4. The largest absolute Gasteiger partial charge is 0.397 e. The Kier molecular flexibility index (Phi) is 3.51. The van der Waals surface area contributed by atoms with Crippen molar-refractivity contribution in [2.75, 3.05) is 5.73 Å². The van der Waals surface area contributed by atoms with Crippen LogP contribution in [0.4, 0.5) is 14.5 Å². The molecule has 76 valence electrons. The lowest BCUT2D eigenvalue weighted by Gasteiger charge is -2.07. The Morgan fingerprint density at radius 1 is 1.64 bits per heavy atom. The molecule has 3 nitrogen and oxygen atoms in total. The molecule has 0 aliphatic heterocycles. The number of nitrogen functional groups attached to an aromatic ring is 1. The maximum atomic E-state index is 12.4. The molecule has 1 heterocycles. The first kappa shape index (κ1) is 11.0. The van der Waals surface area contributed by atoms with Crippen LogP contribution >= 0.6 is 15.9 Å². The van der Waals surface area contributed by atoms with E-state index in [1.165, 1.54) is 6.07 Å². The smallest absolute Gasteiger partial charge is 0.281 e. The van der Waals surface area contributed by atoms with Crippen molar-refractivity contribution in [3.8, 4) is 0 Å². The summed E-state index contributed by atoms with van der Waals surface area (Å²) in [5.41, 5.74) is 5.33. The highest BCUT2D eigenvalue weighted by molar-refractivity contribution is 9.08. The fourth-order valence-electron chi connectivity index (χ4n) is 0.975. The van der Waals surface area contributed by atoms with Crippen LogP contribution in [0.2, 0.25) is 0 Å². The highest BCUT2D eigenvalue weighted by atomic mass is 79.9. The van der Waals surface area contributed by atoms with Crippen LogP contribution in [-0.4, -0.2) is 11.3 Å². The maximum Gasteiger partial charge on any atom is 0.281 e. The minimum absolute atomic E-state index is 0.165. The average molecular weight is 265 g/mol. The van der Waals surface area contributed by atoms with Gasteiger partial charge in [0, 0.05) is 10.9 Å². The van der Waals surface area contributed by atoms with Crippen LogP contribution in [0, 0.1) is 0 Å². The summed E-state index contributed by atoms with van der Waals surface area (Å²) in [6.45, 7) is 0. The van der Waals surface area contributed by atoms with Gasteiger partial charge in [-0.25, -0.2) is 13.8 Å². The van der Waals surface area contributed by atoms with Crippen molar-refractivity contribution in [3.05, 3.63) is 23.0 Å². The van der Waals surface area contributed by atoms with Crippen LogP contribution in [0.3, 0.4) is 0 Å². The fourth-order valence-corrected chi connectivity index (χ4v) is 1.42. The molecule has 0 bridgehead atoms. The number of nitrogens with two attached hydrogens (primary N) is 1. The van der Waals surface area contributed by atoms with Gasteiger partial charge in [-0.3, -0.25) is 4.79 Å². The molecule has 0 atom stereocenters. The van der Waals surface area contributed by atoms with E-state index in [2.05, 4.69) is 20.9 Å². The number of halogens is 3. The Labute approximate surface area is 87.4 Å². The minimum atomic E-state index is -2.77. The van der Waals surface area contributed by atoms with Gasteiger partial charge in [0.1, 0.15) is 5.69 Å². The number of carbonyl (C=O) groups is 1. The Morgan fingerprint density at radius 2 is 2.29 bits per heavy atom. The summed E-state index contributed by atoms with van der Waals surface area (Å²) >= 11 is 3.06. The third kappa shape index (κ3) is 2.06. The van der Waals surface area contributed by atoms with Gasteiger partial charge >= 0.3 is 0 Å². The second-order valence-electron chi connectivity index (χ2n) is 2.55. The van der Waals surface area contributed by atoms with Crippen molar-refractivity contribution in [2.24, 2.45) is 0 Å². The molecule has 1 aromatic heterocycles. The van der Waals surface area contributed by atoms with Gasteiger partial charge in [0.05, 0.1) is 11.4 Å². The van der Waals surface area contributed by atoms with Gasteiger partial charge in [-0.2, -0.15) is 0 Å². The molecule has 1 rings (SSSR count). The molecular weight excluding hydrogens is 258 g/mol. The SMILES string of the molecule is Nc1cc(C=O)c(C(F)F)nc1CBr. The normalized spacial score (nSPS) is 10.6. The lowest BCUT2D eigenvalue weighted by molar-refractivity contribution is 0.110. The van der Waals surface area contributed by atoms with E-state index in [-0.39, 0.29) is 16.6 Å². The van der Waals surface area contributed by atoms with Crippen LogP contribution in [-0.2, 0) is 5.33 Å². The molecule has 0 radical (unpaired) electrons. The molecule has 1 aromatic rings. The van der Waals surface area contributed by atoms with Crippen molar-refractivity contribution < 1.29 is 13.6 Å². The molecule has 0 aliphatic rings. The van der Waals surface area contributed by atoms with E-state index in [4.69, 9.17) is 5.73 Å². The van der Waals surface area contributed by atoms with Crippen LogP contribution < -0.4 is 5.73 Å². The van der Waals surface area contributed by atoms with Crippen molar-refractivity contribution in [2.45, 2.75) is 11.8 Å². The quantitative estimate of drug-likeness (QED) is 0.674. The average Bonchev–Trinajstić information content (AvgIpc) is 2.16. The highest BCUT2D eigenvalue weighted by Gasteiger charge is 2.16. The monoisotopic (exact) mass is 264 g/mol. The van der Waals surface area contributed by atoms with Crippen LogP contribution in [0.25, 0.3) is 0 Å². The number of aromatic nitrogens is 1. The van der Waals surface area contributed by atoms with Gasteiger partial charge in [0.15, 0.2) is 6.29 Å². The number of alkyl halides is 3. The third-order valence-electron chi connectivity index (χ3n) is 1.66. The molecule has 0 aliphatic carbocycles. The lowest BCUT2D eigenvalue weighted by atomic mass is 10.1. The topological polar surface area (TPSA) is 56.0 Å². The van der Waals surface area contributed by atoms with Crippen LogP contribution in [0.5, 0.6) is 0 Å².